The van der Waals surface area contributed by atoms with Gasteiger partial charge in [0.2, 0.25) is 5.91 Å². The van der Waals surface area contributed by atoms with E-state index in [-0.39, 0.29) is 18.2 Å². The van der Waals surface area contributed by atoms with Gasteiger partial charge >= 0.3 is 6.18 Å². The van der Waals surface area contributed by atoms with Crippen LogP contribution in [0.5, 0.6) is 0 Å². The van der Waals surface area contributed by atoms with Crippen LogP contribution in [-0.2, 0) is 11.0 Å². The van der Waals surface area contributed by atoms with Crippen molar-refractivity contribution in [3.05, 3.63) is 71.1 Å². The van der Waals surface area contributed by atoms with E-state index in [2.05, 4.69) is 22.1 Å². The zero-order valence-electron chi connectivity index (χ0n) is 20.8. The topological polar surface area (TPSA) is 108 Å². The van der Waals surface area contributed by atoms with Crippen LogP contribution in [0.1, 0.15) is 41.6 Å². The van der Waals surface area contributed by atoms with Crippen LogP contribution in [0, 0.1) is 0 Å². The number of amides is 2. The van der Waals surface area contributed by atoms with Gasteiger partial charge in [0.05, 0.1) is 23.8 Å². The molecular weight excluding hydrogens is 517 g/mol. The van der Waals surface area contributed by atoms with E-state index in [1.165, 1.54) is 17.8 Å². The highest BCUT2D eigenvalue weighted by molar-refractivity contribution is 8.03. The molecule has 7 nitrogen and oxygen atoms in total. The second kappa shape index (κ2) is 11.4. The lowest BCUT2D eigenvalue weighted by molar-refractivity contribution is -0.137. The Hall–Kier alpha value is -3.02. The molecule has 0 spiro atoms. The number of likely N-dealkylation sites (tertiary alicyclic amines) is 1. The van der Waals surface area contributed by atoms with Gasteiger partial charge < -0.3 is 21.5 Å². The van der Waals surface area contributed by atoms with E-state index >= 15 is 0 Å². The summed E-state index contributed by atoms with van der Waals surface area (Å²) < 4.78 is 38.5. The minimum Gasteiger partial charge on any atom is -0.398 e. The number of para-hydroxylation sites is 1. The predicted molar refractivity (Wildman–Crippen MR) is 140 cm³/mol. The molecular formula is C27H31F3N4O3S. The molecule has 0 unspecified atom stereocenters. The van der Waals surface area contributed by atoms with Gasteiger partial charge in [-0.05, 0) is 56.0 Å². The second-order valence-electron chi connectivity index (χ2n) is 9.81. The van der Waals surface area contributed by atoms with Crippen LogP contribution in [0.15, 0.2) is 64.9 Å². The van der Waals surface area contributed by atoms with E-state index in [1.807, 2.05) is 24.3 Å². The number of thioether (sulfide) groups is 1. The summed E-state index contributed by atoms with van der Waals surface area (Å²) in [6, 6.07) is 11.8. The van der Waals surface area contributed by atoms with Gasteiger partial charge in [-0.3, -0.25) is 14.5 Å². The lowest BCUT2D eigenvalue weighted by atomic mass is 9.80. The zero-order chi connectivity index (χ0) is 27.5. The number of carbonyl (C=O) groups is 2. The van der Waals surface area contributed by atoms with Crippen LogP contribution < -0.4 is 16.4 Å². The lowest BCUT2D eigenvalue weighted by Crippen LogP contribution is -2.63. The van der Waals surface area contributed by atoms with E-state index in [0.717, 1.165) is 35.9 Å². The third kappa shape index (κ3) is 6.69. The first kappa shape index (κ1) is 28.0. The fourth-order valence-corrected chi connectivity index (χ4v) is 5.80. The van der Waals surface area contributed by atoms with E-state index < -0.39 is 29.2 Å². The molecule has 5 N–H and O–H groups in total. The monoisotopic (exact) mass is 548 g/mol. The Kier molecular flexibility index (Phi) is 8.39. The van der Waals surface area contributed by atoms with Crippen molar-refractivity contribution in [3.8, 4) is 0 Å². The molecule has 0 bridgehead atoms. The molecule has 1 aliphatic carbocycles. The zero-order valence-corrected chi connectivity index (χ0v) is 21.6. The summed E-state index contributed by atoms with van der Waals surface area (Å²) in [5.74, 6) is -1.15. The molecule has 204 valence electrons. The molecule has 2 aliphatic rings. The molecule has 2 fully saturated rings. The number of nitrogen functional groups attached to an aromatic ring is 1. The Morgan fingerprint density at radius 1 is 1.13 bits per heavy atom. The van der Waals surface area contributed by atoms with Gasteiger partial charge in [0, 0.05) is 40.2 Å². The molecule has 0 atom stereocenters. The normalized spacial score (nSPS) is 22.4. The number of anilines is 1. The number of nitrogens with two attached hydrogens (primary N) is 1. The van der Waals surface area contributed by atoms with Crippen molar-refractivity contribution >= 4 is 29.3 Å². The van der Waals surface area contributed by atoms with Gasteiger partial charge in [-0.15, -0.1) is 0 Å². The minimum absolute atomic E-state index is 0.0691. The van der Waals surface area contributed by atoms with Gasteiger partial charge in [0.25, 0.3) is 5.91 Å². The first-order valence-electron chi connectivity index (χ1n) is 12.4. The summed E-state index contributed by atoms with van der Waals surface area (Å²) in [7, 11) is 0. The number of rotatable bonds is 8. The number of benzene rings is 2. The molecule has 1 heterocycles. The van der Waals surface area contributed by atoms with Crippen molar-refractivity contribution in [2.75, 3.05) is 25.4 Å². The number of halogens is 3. The Morgan fingerprint density at radius 3 is 2.47 bits per heavy atom. The Bertz CT molecular complexity index is 1190. The van der Waals surface area contributed by atoms with Crippen LogP contribution >= 0.6 is 11.8 Å². The third-order valence-electron chi connectivity index (χ3n) is 7.11. The Balaban J connectivity index is 1.17. The van der Waals surface area contributed by atoms with Crippen molar-refractivity contribution in [2.24, 2.45) is 0 Å². The molecule has 1 aliphatic heterocycles. The maximum Gasteiger partial charge on any atom is 0.416 e. The van der Waals surface area contributed by atoms with E-state index in [1.54, 1.807) is 0 Å². The molecule has 0 radical (unpaired) electrons. The standard InChI is InChI=1S/C27H31F3N4O3S/c1-17(38-23-8-3-2-7-22(23)31)26(37)11-9-21(10-12-26)34-15-20(16-34)33-24(35)14-32-25(36)18-5-4-6-19(13-18)27(28,29)30/h2-8,13,20-21,37H,1,9-12,14-16,31H2,(H,32,36)(H,33,35). The molecule has 2 aromatic rings. The number of nitrogens with one attached hydrogen (secondary N) is 2. The maximum absolute atomic E-state index is 12.8. The van der Waals surface area contributed by atoms with E-state index in [9.17, 15) is 27.9 Å². The number of nitrogens with zero attached hydrogens (tertiary/aromatic N) is 1. The number of alkyl halides is 3. The molecule has 38 heavy (non-hydrogen) atoms. The largest absolute Gasteiger partial charge is 0.416 e. The van der Waals surface area contributed by atoms with Crippen LogP contribution in [0.2, 0.25) is 0 Å². The molecule has 1 saturated heterocycles. The maximum atomic E-state index is 12.8. The number of aliphatic hydroxyl groups is 1. The fourth-order valence-electron chi connectivity index (χ4n) is 4.81. The van der Waals surface area contributed by atoms with Crippen molar-refractivity contribution in [1.29, 1.82) is 0 Å². The Morgan fingerprint density at radius 2 is 1.82 bits per heavy atom. The highest BCUT2D eigenvalue weighted by atomic mass is 32.2. The van der Waals surface area contributed by atoms with Crippen LogP contribution in [0.4, 0.5) is 18.9 Å². The predicted octanol–water partition coefficient (Wildman–Crippen LogP) is 3.80. The van der Waals surface area contributed by atoms with E-state index in [4.69, 9.17) is 5.73 Å². The van der Waals surface area contributed by atoms with Crippen molar-refractivity contribution in [2.45, 2.75) is 54.4 Å². The highest BCUT2D eigenvalue weighted by Gasteiger charge is 2.41. The van der Waals surface area contributed by atoms with Crippen LogP contribution in [0.25, 0.3) is 0 Å². The summed E-state index contributed by atoms with van der Waals surface area (Å²) in [6.07, 6.45) is -1.77. The Labute approximate surface area is 223 Å². The molecule has 11 heteroatoms. The summed E-state index contributed by atoms with van der Waals surface area (Å²) in [4.78, 5) is 28.2. The molecule has 0 aromatic heterocycles. The summed E-state index contributed by atoms with van der Waals surface area (Å²) in [6.45, 7) is 5.11. The van der Waals surface area contributed by atoms with E-state index in [0.29, 0.717) is 42.6 Å². The molecule has 4 rings (SSSR count). The average Bonchev–Trinajstić information content (AvgIpc) is 2.86. The van der Waals surface area contributed by atoms with Gasteiger partial charge in [-0.25, -0.2) is 0 Å². The molecule has 2 aromatic carbocycles. The average molecular weight is 549 g/mol. The summed E-state index contributed by atoms with van der Waals surface area (Å²) in [5.41, 5.74) is 4.63. The van der Waals surface area contributed by atoms with Gasteiger partial charge in [-0.2, -0.15) is 13.2 Å². The number of carbonyl (C=O) groups excluding carboxylic acids is 2. The highest BCUT2D eigenvalue weighted by Crippen LogP contribution is 2.44. The minimum atomic E-state index is -4.55. The second-order valence-corrected chi connectivity index (χ2v) is 10.9. The first-order valence-corrected chi connectivity index (χ1v) is 13.2. The van der Waals surface area contributed by atoms with Crippen LogP contribution in [-0.4, -0.2) is 59.1 Å². The smallest absolute Gasteiger partial charge is 0.398 e. The third-order valence-corrected chi connectivity index (χ3v) is 8.32. The van der Waals surface area contributed by atoms with Gasteiger partial charge in [0.15, 0.2) is 0 Å². The van der Waals surface area contributed by atoms with Crippen molar-refractivity contribution in [3.63, 3.8) is 0 Å². The summed E-state index contributed by atoms with van der Waals surface area (Å²) in [5, 5.41) is 16.4. The summed E-state index contributed by atoms with van der Waals surface area (Å²) >= 11 is 1.41. The lowest BCUT2D eigenvalue weighted by Gasteiger charge is -2.48. The molecule has 2 amide bonds. The number of hydrogen-bond acceptors (Lipinski definition) is 6. The SMILES string of the molecule is C=C(Sc1ccccc1N)C1(O)CCC(N2CC(NC(=O)CNC(=O)c3cccc(C(F)(F)F)c3)C2)CC1. The first-order chi connectivity index (χ1) is 17.9. The molecule has 1 saturated carbocycles. The van der Waals surface area contributed by atoms with Crippen molar-refractivity contribution < 1.29 is 27.9 Å². The fraction of sp³-hybridized carbons (Fsp3) is 0.407. The van der Waals surface area contributed by atoms with Crippen LogP contribution in [0.3, 0.4) is 0 Å². The van der Waals surface area contributed by atoms with Crippen molar-refractivity contribution in [1.82, 2.24) is 15.5 Å². The van der Waals surface area contributed by atoms with Gasteiger partial charge in [-0.1, -0.05) is 36.5 Å². The van der Waals surface area contributed by atoms with Gasteiger partial charge in [0.1, 0.15) is 0 Å². The number of hydrogen-bond donors (Lipinski definition) is 4. The quantitative estimate of drug-likeness (QED) is 0.295.